The molecule has 1 saturated heterocycles. The third-order valence-electron chi connectivity index (χ3n) is 8.01. The molecule has 0 aliphatic carbocycles. The van der Waals surface area contributed by atoms with Gasteiger partial charge in [0.05, 0.1) is 36.6 Å². The van der Waals surface area contributed by atoms with Crippen molar-refractivity contribution in [3.05, 3.63) is 83.5 Å². The molecule has 2 rings (SSSR count). The van der Waals surface area contributed by atoms with Crippen molar-refractivity contribution in [3.8, 4) is 5.75 Å². The van der Waals surface area contributed by atoms with Crippen molar-refractivity contribution in [2.75, 3.05) is 34.4 Å². The molecule has 6 atom stereocenters. The summed E-state index contributed by atoms with van der Waals surface area (Å²) in [6.07, 6.45) is 18.3. The van der Waals surface area contributed by atoms with Crippen LogP contribution in [0, 0.1) is 0 Å². The molecule has 13 heteroatoms. The van der Waals surface area contributed by atoms with Crippen molar-refractivity contribution in [2.45, 2.75) is 115 Å². The maximum absolute atomic E-state index is 12.7. The van der Waals surface area contributed by atoms with E-state index in [2.05, 4.69) is 32.6 Å². The molecule has 0 bridgehead atoms. The van der Waals surface area contributed by atoms with Crippen LogP contribution in [-0.4, -0.2) is 85.3 Å². The predicted molar refractivity (Wildman–Crippen MR) is 200 cm³/mol. The van der Waals surface area contributed by atoms with Crippen molar-refractivity contribution in [2.24, 2.45) is 0 Å². The van der Waals surface area contributed by atoms with Crippen LogP contribution in [0.5, 0.6) is 5.75 Å². The summed E-state index contributed by atoms with van der Waals surface area (Å²) in [5.41, 5.74) is 1.77. The summed E-state index contributed by atoms with van der Waals surface area (Å²) in [7, 11) is 1.76. The second-order valence-electron chi connectivity index (χ2n) is 14.1. The van der Waals surface area contributed by atoms with Gasteiger partial charge in [0.15, 0.2) is 6.29 Å². The first-order valence-corrected chi connectivity index (χ1v) is 21.5. The predicted octanol–water partition coefficient (Wildman–Crippen LogP) is 0.699. The van der Waals surface area contributed by atoms with Crippen molar-refractivity contribution in [1.82, 2.24) is 0 Å². The first-order chi connectivity index (χ1) is 24.3. The molecule has 286 valence electrons. The molecule has 0 saturated carbocycles. The minimum Gasteiger partial charge on any atom is -0.872 e. The van der Waals surface area contributed by atoms with Crippen LogP contribution in [0.1, 0.15) is 68.8 Å². The average Bonchev–Trinajstić information content (AvgIpc) is 3.04. The molecule has 1 heterocycles. The van der Waals surface area contributed by atoms with Gasteiger partial charge in [0.25, 0.3) is 0 Å². The van der Waals surface area contributed by atoms with Crippen LogP contribution in [0.3, 0.4) is 0 Å². The van der Waals surface area contributed by atoms with Crippen LogP contribution >= 0.6 is 0 Å². The van der Waals surface area contributed by atoms with E-state index >= 15 is 0 Å². The fraction of sp³-hybridized carbons (Fsp3) is 0.575. The summed E-state index contributed by atoms with van der Waals surface area (Å²) in [6.45, 7) is 13.1. The molecule has 0 radical (unpaired) electrons. The maximum Gasteiger partial charge on any atom is 1.00 e. The number of rotatable bonds is 23. The van der Waals surface area contributed by atoms with Crippen LogP contribution < -0.4 is 69.3 Å². The summed E-state index contributed by atoms with van der Waals surface area (Å²) < 4.78 is 38.7. The van der Waals surface area contributed by atoms with Crippen LogP contribution in [0.25, 0.3) is 6.08 Å². The van der Waals surface area contributed by atoms with Crippen LogP contribution in [0.2, 0.25) is 25.7 Å². The fourth-order valence-corrected chi connectivity index (χ4v) is 6.11. The second-order valence-corrected chi connectivity index (χ2v) is 19.7. The summed E-state index contributed by atoms with van der Waals surface area (Å²) in [5, 5.41) is 25.1. The first-order valence-electron chi connectivity index (χ1n) is 17.8. The number of methoxy groups -OCH3 is 2. The fourth-order valence-electron chi connectivity index (χ4n) is 5.39. The number of ether oxygens (including phenoxy) is 7. The number of esters is 1. The van der Waals surface area contributed by atoms with Gasteiger partial charge in [-0.25, -0.2) is 4.79 Å². The molecule has 1 aliphatic rings. The van der Waals surface area contributed by atoms with E-state index in [1.54, 1.807) is 38.5 Å². The molecule has 0 spiro atoms. The molecular formula is C40H60Na2O10Si. The van der Waals surface area contributed by atoms with Crippen LogP contribution in [0.15, 0.2) is 72.4 Å². The number of allylic oxidation sites excluding steroid dienone is 6. The van der Waals surface area contributed by atoms with E-state index in [1.807, 2.05) is 50.3 Å². The summed E-state index contributed by atoms with van der Waals surface area (Å²) in [4.78, 5) is 12.7. The van der Waals surface area contributed by atoms with Gasteiger partial charge < -0.3 is 43.4 Å². The molecule has 0 N–H and O–H groups in total. The van der Waals surface area contributed by atoms with Gasteiger partial charge in [-0.2, -0.15) is 0 Å². The van der Waals surface area contributed by atoms with Gasteiger partial charge >= 0.3 is 65.1 Å². The Bertz CT molecular complexity index is 1310. The SMILES string of the molecule is COCO[C@@H](C/C=C/[C@@H]1C[C@H](C/C(C)=C/C=C/C=C/C=C/c2cccc([O-])c2C(=O)OCC[Si](C)(C)C)O[C@H](C)O1)C[C@@H]([O-])C[C@@H](C)OCOC.[Na+].[Na+]. The maximum atomic E-state index is 12.7. The molecule has 0 aromatic heterocycles. The Morgan fingerprint density at radius 1 is 1.00 bits per heavy atom. The Kier molecular flexibility index (Phi) is 28.9. The Labute approximate surface area is 363 Å². The van der Waals surface area contributed by atoms with Gasteiger partial charge in [0, 0.05) is 28.7 Å². The van der Waals surface area contributed by atoms with Gasteiger partial charge in [-0.05, 0) is 58.1 Å². The van der Waals surface area contributed by atoms with Gasteiger partial charge in [0.2, 0.25) is 0 Å². The zero-order chi connectivity index (χ0) is 37.6. The molecule has 0 amide bonds. The van der Waals surface area contributed by atoms with E-state index in [0.29, 0.717) is 37.9 Å². The molecular weight excluding hydrogens is 714 g/mol. The van der Waals surface area contributed by atoms with Crippen LogP contribution in [-0.2, 0) is 33.2 Å². The normalized spacial score (nSPS) is 20.1. The zero-order valence-corrected chi connectivity index (χ0v) is 38.8. The Balaban J connectivity index is 0.0000135. The Hall–Kier alpha value is -0.873. The number of carbonyl (C=O) groups is 1. The molecule has 1 aromatic carbocycles. The summed E-state index contributed by atoms with van der Waals surface area (Å²) in [6, 6.07) is 5.61. The Morgan fingerprint density at radius 2 is 1.68 bits per heavy atom. The van der Waals surface area contributed by atoms with E-state index in [4.69, 9.17) is 33.2 Å². The largest absolute Gasteiger partial charge is 1.00 e. The van der Waals surface area contributed by atoms with E-state index in [0.717, 1.165) is 12.5 Å². The van der Waals surface area contributed by atoms with Gasteiger partial charge in [-0.1, -0.05) is 104 Å². The van der Waals surface area contributed by atoms with Gasteiger partial charge in [-0.15, -0.1) is 6.10 Å². The van der Waals surface area contributed by atoms with Gasteiger partial charge in [-0.3, -0.25) is 0 Å². The van der Waals surface area contributed by atoms with E-state index in [-0.39, 0.29) is 115 Å². The minimum absolute atomic E-state index is 0. The molecule has 1 aliphatic heterocycles. The minimum atomic E-state index is -1.36. The molecule has 10 nitrogen and oxygen atoms in total. The van der Waals surface area contributed by atoms with E-state index in [9.17, 15) is 15.0 Å². The van der Waals surface area contributed by atoms with Crippen LogP contribution in [0.4, 0.5) is 0 Å². The van der Waals surface area contributed by atoms with Gasteiger partial charge in [0.1, 0.15) is 13.6 Å². The second kappa shape index (κ2) is 29.4. The summed E-state index contributed by atoms with van der Waals surface area (Å²) in [5.74, 6) is -0.916. The molecule has 53 heavy (non-hydrogen) atoms. The third kappa shape index (κ3) is 23.7. The third-order valence-corrected chi connectivity index (χ3v) is 9.71. The molecule has 1 aromatic rings. The quantitative estimate of drug-likeness (QED) is 0.0516. The monoisotopic (exact) mass is 774 g/mol. The number of hydrogen-bond acceptors (Lipinski definition) is 10. The first kappa shape index (κ1) is 52.1. The van der Waals surface area contributed by atoms with Crippen molar-refractivity contribution in [1.29, 1.82) is 0 Å². The number of benzene rings is 1. The number of hydrogen-bond donors (Lipinski definition) is 0. The average molecular weight is 775 g/mol. The van der Waals surface area contributed by atoms with E-state index < -0.39 is 20.1 Å². The summed E-state index contributed by atoms with van der Waals surface area (Å²) >= 11 is 0. The van der Waals surface area contributed by atoms with Crippen molar-refractivity contribution >= 4 is 20.1 Å². The standard InChI is InChI=1S/C40H61O10Si.2Na/c1-30(16-12-10-9-11-13-17-33-18-14-21-38(42)39(33)40(43)46-22-23-51(6,7)8)24-37-27-36(49-32(3)50-37)20-15-19-35(48-29-45-5)26-34(41)25-31(2)47-28-44-4;;/h9-18,20-21,31-32,34-37,42H,19,22-29H2,1-8H3;;/q-1;2*+1/p-1/b11-9+,12-10+,17-13+,20-15+,30-16+;;/t31-,32-,34+,35+,36-,37+;;/m1../s1. The molecule has 0 unspecified atom stereocenters. The smallest absolute Gasteiger partial charge is 0.872 e. The van der Waals surface area contributed by atoms with Crippen molar-refractivity contribution in [3.63, 3.8) is 0 Å². The zero-order valence-electron chi connectivity index (χ0n) is 33.8. The van der Waals surface area contributed by atoms with Crippen molar-refractivity contribution < 1.29 is 107 Å². The molecule has 1 fully saturated rings. The Morgan fingerprint density at radius 3 is 2.38 bits per heavy atom. The van der Waals surface area contributed by atoms with E-state index in [1.165, 1.54) is 11.6 Å². The number of carbonyl (C=O) groups excluding carboxylic acids is 1. The topological polar surface area (TPSA) is 128 Å².